The Morgan fingerprint density at radius 2 is 2.29 bits per heavy atom. The third kappa shape index (κ3) is 2.48. The molecule has 0 unspecified atom stereocenters. The summed E-state index contributed by atoms with van der Waals surface area (Å²) in [6.45, 7) is 1.54. The molecule has 1 aliphatic carbocycles. The zero-order chi connectivity index (χ0) is 9.80. The predicted octanol–water partition coefficient (Wildman–Crippen LogP) is 1.42. The lowest BCUT2D eigenvalue weighted by Crippen LogP contribution is -2.13. The van der Waals surface area contributed by atoms with Gasteiger partial charge in [-0.3, -0.25) is 4.68 Å². The van der Waals surface area contributed by atoms with Crippen LogP contribution in [-0.4, -0.2) is 22.5 Å². The van der Waals surface area contributed by atoms with Gasteiger partial charge in [0.05, 0.1) is 19.3 Å². The molecule has 1 aromatic heterocycles. The van der Waals surface area contributed by atoms with Crippen LogP contribution in [0.15, 0.2) is 12.3 Å². The molecule has 0 bridgehead atoms. The molecule has 1 fully saturated rings. The average Bonchev–Trinajstić information content (AvgIpc) is 2.77. The maximum Gasteiger partial charge on any atom is 0.145 e. The van der Waals surface area contributed by atoms with E-state index < -0.39 is 0 Å². The molecule has 1 aromatic rings. The van der Waals surface area contributed by atoms with Crippen molar-refractivity contribution in [3.63, 3.8) is 0 Å². The zero-order valence-electron chi connectivity index (χ0n) is 8.35. The van der Waals surface area contributed by atoms with Gasteiger partial charge >= 0.3 is 0 Å². The van der Waals surface area contributed by atoms with Crippen molar-refractivity contribution in [1.82, 2.24) is 9.78 Å². The predicted molar refractivity (Wildman–Crippen MR) is 54.8 cm³/mol. The Labute approximate surface area is 84.0 Å². The number of nitrogen functional groups attached to an aromatic ring is 1. The highest BCUT2D eigenvalue weighted by Gasteiger charge is 2.14. The maximum absolute atomic E-state index is 5.71. The second-order valence-electron chi connectivity index (χ2n) is 3.78. The van der Waals surface area contributed by atoms with Crippen molar-refractivity contribution in [1.29, 1.82) is 0 Å². The molecule has 78 valence electrons. The number of hydrogen-bond acceptors (Lipinski definition) is 3. The molecular weight excluding hydrogens is 178 g/mol. The Morgan fingerprint density at radius 1 is 1.50 bits per heavy atom. The fourth-order valence-electron chi connectivity index (χ4n) is 1.87. The largest absolute Gasteiger partial charge is 0.382 e. The molecule has 1 saturated carbocycles. The molecule has 2 N–H and O–H groups in total. The smallest absolute Gasteiger partial charge is 0.145 e. The summed E-state index contributed by atoms with van der Waals surface area (Å²) in [4.78, 5) is 0. The highest BCUT2D eigenvalue weighted by Crippen LogP contribution is 2.20. The molecule has 0 saturated heterocycles. The normalized spacial score (nSPS) is 17.7. The van der Waals surface area contributed by atoms with Crippen LogP contribution in [0.3, 0.4) is 0 Å². The molecule has 14 heavy (non-hydrogen) atoms. The summed E-state index contributed by atoms with van der Waals surface area (Å²) >= 11 is 0. The van der Waals surface area contributed by atoms with Crippen LogP contribution in [0.2, 0.25) is 0 Å². The standard InChI is InChI=1S/C10H17N3O/c11-10-5-6-13(12-10)7-8-14-9-3-1-2-4-9/h5-6,9H,1-4,7-8H2,(H2,11,12). The van der Waals surface area contributed by atoms with Crippen molar-refractivity contribution in [3.8, 4) is 0 Å². The molecule has 0 spiro atoms. The summed E-state index contributed by atoms with van der Waals surface area (Å²) in [5.41, 5.74) is 5.50. The van der Waals surface area contributed by atoms with Crippen molar-refractivity contribution in [3.05, 3.63) is 12.3 Å². The van der Waals surface area contributed by atoms with Gasteiger partial charge in [0.15, 0.2) is 0 Å². The second-order valence-corrected chi connectivity index (χ2v) is 3.78. The molecule has 0 amide bonds. The van der Waals surface area contributed by atoms with Gasteiger partial charge in [0, 0.05) is 6.20 Å². The first-order chi connectivity index (χ1) is 6.84. The summed E-state index contributed by atoms with van der Waals surface area (Å²) < 4.78 is 7.54. The van der Waals surface area contributed by atoms with Gasteiger partial charge in [0.1, 0.15) is 5.82 Å². The molecule has 0 atom stereocenters. The Bertz CT molecular complexity index is 279. The fourth-order valence-corrected chi connectivity index (χ4v) is 1.87. The first-order valence-corrected chi connectivity index (χ1v) is 5.25. The van der Waals surface area contributed by atoms with Gasteiger partial charge in [0.2, 0.25) is 0 Å². The molecule has 1 heterocycles. The number of ether oxygens (including phenoxy) is 1. The van der Waals surface area contributed by atoms with Gasteiger partial charge in [0.25, 0.3) is 0 Å². The summed E-state index contributed by atoms with van der Waals surface area (Å²) in [6, 6.07) is 1.80. The molecule has 2 rings (SSSR count). The number of nitrogens with zero attached hydrogens (tertiary/aromatic N) is 2. The minimum Gasteiger partial charge on any atom is -0.382 e. The highest BCUT2D eigenvalue weighted by molar-refractivity contribution is 5.23. The van der Waals surface area contributed by atoms with Crippen LogP contribution in [0.5, 0.6) is 0 Å². The fraction of sp³-hybridized carbons (Fsp3) is 0.700. The minimum absolute atomic E-state index is 0.489. The van der Waals surface area contributed by atoms with Gasteiger partial charge in [-0.15, -0.1) is 0 Å². The van der Waals surface area contributed by atoms with Crippen molar-refractivity contribution < 1.29 is 4.74 Å². The van der Waals surface area contributed by atoms with Crippen molar-refractivity contribution in [2.24, 2.45) is 0 Å². The third-order valence-corrected chi connectivity index (χ3v) is 2.64. The van der Waals surface area contributed by atoms with Crippen LogP contribution in [0, 0.1) is 0 Å². The third-order valence-electron chi connectivity index (χ3n) is 2.64. The van der Waals surface area contributed by atoms with Gasteiger partial charge in [-0.25, -0.2) is 0 Å². The first-order valence-electron chi connectivity index (χ1n) is 5.25. The van der Waals surface area contributed by atoms with Gasteiger partial charge in [-0.2, -0.15) is 5.10 Å². The number of rotatable bonds is 4. The lowest BCUT2D eigenvalue weighted by Gasteiger charge is -2.10. The lowest BCUT2D eigenvalue weighted by molar-refractivity contribution is 0.0515. The van der Waals surface area contributed by atoms with E-state index in [2.05, 4.69) is 5.10 Å². The van der Waals surface area contributed by atoms with E-state index in [1.165, 1.54) is 25.7 Å². The number of nitrogens with two attached hydrogens (primary N) is 1. The van der Waals surface area contributed by atoms with Gasteiger partial charge in [-0.05, 0) is 18.9 Å². The summed E-state index contributed by atoms with van der Waals surface area (Å²) in [7, 11) is 0. The van der Waals surface area contributed by atoms with E-state index in [1.54, 1.807) is 6.07 Å². The quantitative estimate of drug-likeness (QED) is 0.790. The summed E-state index contributed by atoms with van der Waals surface area (Å²) in [6.07, 6.45) is 7.46. The van der Waals surface area contributed by atoms with Crippen LogP contribution in [0.25, 0.3) is 0 Å². The monoisotopic (exact) mass is 195 g/mol. The van der Waals surface area contributed by atoms with E-state index in [0.29, 0.717) is 11.9 Å². The Balaban J connectivity index is 1.67. The Hall–Kier alpha value is -1.03. The van der Waals surface area contributed by atoms with Crippen LogP contribution >= 0.6 is 0 Å². The molecular formula is C10H17N3O. The highest BCUT2D eigenvalue weighted by atomic mass is 16.5. The zero-order valence-corrected chi connectivity index (χ0v) is 8.35. The van der Waals surface area contributed by atoms with Gasteiger partial charge < -0.3 is 10.5 Å². The average molecular weight is 195 g/mol. The minimum atomic E-state index is 0.489. The SMILES string of the molecule is Nc1ccn(CCOC2CCCC2)n1. The lowest BCUT2D eigenvalue weighted by atomic mass is 10.3. The van der Waals surface area contributed by atoms with Crippen LogP contribution in [-0.2, 0) is 11.3 Å². The second kappa shape index (κ2) is 4.46. The first kappa shape index (κ1) is 9.52. The Kier molecular flexibility index (Phi) is 3.03. The van der Waals surface area contributed by atoms with Crippen LogP contribution in [0.4, 0.5) is 5.82 Å². The van der Waals surface area contributed by atoms with E-state index in [4.69, 9.17) is 10.5 Å². The van der Waals surface area contributed by atoms with E-state index in [0.717, 1.165) is 13.2 Å². The number of hydrogen-bond donors (Lipinski definition) is 1. The van der Waals surface area contributed by atoms with Crippen molar-refractivity contribution in [2.75, 3.05) is 12.3 Å². The van der Waals surface area contributed by atoms with Crippen molar-refractivity contribution >= 4 is 5.82 Å². The molecule has 0 radical (unpaired) electrons. The topological polar surface area (TPSA) is 53.1 Å². The maximum atomic E-state index is 5.71. The van der Waals surface area contributed by atoms with Crippen LogP contribution in [0.1, 0.15) is 25.7 Å². The molecule has 0 aliphatic heterocycles. The summed E-state index contributed by atoms with van der Waals surface area (Å²) in [5, 5.41) is 4.09. The van der Waals surface area contributed by atoms with E-state index in [1.807, 2.05) is 10.9 Å². The number of aromatic nitrogens is 2. The van der Waals surface area contributed by atoms with Gasteiger partial charge in [-0.1, -0.05) is 12.8 Å². The molecule has 0 aromatic carbocycles. The summed E-state index contributed by atoms with van der Waals surface area (Å²) in [5.74, 6) is 0.575. The van der Waals surface area contributed by atoms with Crippen LogP contribution < -0.4 is 5.73 Å². The molecule has 4 nitrogen and oxygen atoms in total. The van der Waals surface area contributed by atoms with E-state index in [9.17, 15) is 0 Å². The number of anilines is 1. The van der Waals surface area contributed by atoms with Crippen molar-refractivity contribution in [2.45, 2.75) is 38.3 Å². The molecule has 4 heteroatoms. The molecule has 1 aliphatic rings. The Morgan fingerprint density at radius 3 is 2.93 bits per heavy atom. The van der Waals surface area contributed by atoms with E-state index in [-0.39, 0.29) is 0 Å². The van der Waals surface area contributed by atoms with E-state index >= 15 is 0 Å².